The first kappa shape index (κ1) is 14.9. The quantitative estimate of drug-likeness (QED) is 0.758. The van der Waals surface area contributed by atoms with Crippen LogP contribution in [-0.2, 0) is 9.53 Å². The topological polar surface area (TPSA) is 76.1 Å². The zero-order chi connectivity index (χ0) is 16.1. The third-order valence-corrected chi connectivity index (χ3v) is 3.17. The fraction of sp³-hybridized carbons (Fsp3) is 0.118. The number of hydrogen-bond donors (Lipinski definition) is 2. The van der Waals surface area contributed by atoms with Crippen LogP contribution in [-0.4, -0.2) is 29.6 Å². The first-order valence-corrected chi connectivity index (χ1v) is 7.12. The zero-order valence-corrected chi connectivity index (χ0v) is 12.6. The predicted molar refractivity (Wildman–Crippen MR) is 89.8 cm³/mol. The Bertz CT molecular complexity index is 818. The van der Waals surface area contributed by atoms with Crippen molar-refractivity contribution in [2.24, 2.45) is 0 Å². The number of nitrogens with zero attached hydrogens (tertiary/aromatic N) is 2. The summed E-state index contributed by atoms with van der Waals surface area (Å²) >= 11 is 0. The molecule has 0 fully saturated rings. The van der Waals surface area contributed by atoms with Crippen LogP contribution in [0.2, 0.25) is 0 Å². The van der Waals surface area contributed by atoms with E-state index in [1.807, 2.05) is 48.5 Å². The molecule has 1 amide bonds. The summed E-state index contributed by atoms with van der Waals surface area (Å²) in [7, 11) is 1.48. The number of anilines is 3. The van der Waals surface area contributed by atoms with E-state index < -0.39 is 0 Å². The van der Waals surface area contributed by atoms with E-state index in [1.165, 1.54) is 7.11 Å². The molecule has 0 bridgehead atoms. The third-order valence-electron chi connectivity index (χ3n) is 3.17. The Morgan fingerprint density at radius 3 is 2.48 bits per heavy atom. The average molecular weight is 308 g/mol. The Kier molecular flexibility index (Phi) is 4.44. The van der Waals surface area contributed by atoms with Gasteiger partial charge in [-0.3, -0.25) is 9.78 Å². The van der Waals surface area contributed by atoms with Gasteiger partial charge < -0.3 is 15.4 Å². The van der Waals surface area contributed by atoms with Crippen LogP contribution in [0.4, 0.5) is 17.2 Å². The number of nitrogens with one attached hydrogen (secondary N) is 2. The number of methoxy groups -OCH3 is 1. The maximum atomic E-state index is 11.4. The largest absolute Gasteiger partial charge is 0.375 e. The molecule has 1 heterocycles. The van der Waals surface area contributed by atoms with Gasteiger partial charge in [0.05, 0.1) is 17.2 Å². The number of rotatable bonds is 5. The molecular formula is C17H16N4O2. The number of carbonyl (C=O) groups excluding carboxylic acids is 1. The molecule has 3 rings (SSSR count). The second-order valence-corrected chi connectivity index (χ2v) is 4.93. The average Bonchev–Trinajstić information content (AvgIpc) is 2.57. The van der Waals surface area contributed by atoms with E-state index in [1.54, 1.807) is 6.20 Å². The number of ether oxygens (including phenoxy) is 1. The highest BCUT2D eigenvalue weighted by Crippen LogP contribution is 2.19. The third kappa shape index (κ3) is 3.81. The van der Waals surface area contributed by atoms with E-state index in [9.17, 15) is 4.79 Å². The summed E-state index contributed by atoms with van der Waals surface area (Å²) < 4.78 is 4.77. The lowest BCUT2D eigenvalue weighted by atomic mass is 10.2. The lowest BCUT2D eigenvalue weighted by Gasteiger charge is -2.08. The van der Waals surface area contributed by atoms with Gasteiger partial charge >= 0.3 is 0 Å². The maximum absolute atomic E-state index is 11.4. The molecule has 3 aromatic rings. The Morgan fingerprint density at radius 2 is 1.74 bits per heavy atom. The minimum Gasteiger partial charge on any atom is -0.375 e. The van der Waals surface area contributed by atoms with Crippen LogP contribution in [0.5, 0.6) is 0 Å². The van der Waals surface area contributed by atoms with Gasteiger partial charge in [-0.1, -0.05) is 12.1 Å². The second kappa shape index (κ2) is 6.85. The van der Waals surface area contributed by atoms with Crippen molar-refractivity contribution in [1.82, 2.24) is 9.97 Å². The molecule has 0 atom stereocenters. The normalized spacial score (nSPS) is 10.5. The Morgan fingerprint density at radius 1 is 1.04 bits per heavy atom. The lowest BCUT2D eigenvalue weighted by Crippen LogP contribution is -2.16. The smallest absolute Gasteiger partial charge is 0.250 e. The molecule has 0 saturated heterocycles. The van der Waals surface area contributed by atoms with Gasteiger partial charge in [0, 0.05) is 18.5 Å². The monoisotopic (exact) mass is 308 g/mol. The number of amides is 1. The summed E-state index contributed by atoms with van der Waals surface area (Å²) in [5.41, 5.74) is 3.26. The fourth-order valence-electron chi connectivity index (χ4n) is 2.13. The molecule has 0 spiro atoms. The van der Waals surface area contributed by atoms with Crippen molar-refractivity contribution in [3.8, 4) is 0 Å². The van der Waals surface area contributed by atoms with Gasteiger partial charge in [0.1, 0.15) is 12.4 Å². The van der Waals surface area contributed by atoms with Crippen molar-refractivity contribution >= 4 is 34.1 Å². The van der Waals surface area contributed by atoms with Crippen molar-refractivity contribution in [3.63, 3.8) is 0 Å². The van der Waals surface area contributed by atoms with Gasteiger partial charge in [-0.25, -0.2) is 4.98 Å². The molecular weight excluding hydrogens is 292 g/mol. The summed E-state index contributed by atoms with van der Waals surface area (Å²) in [6.07, 6.45) is 1.69. The summed E-state index contributed by atoms with van der Waals surface area (Å²) in [5, 5.41) is 5.93. The maximum Gasteiger partial charge on any atom is 0.250 e. The van der Waals surface area contributed by atoms with E-state index in [4.69, 9.17) is 4.74 Å². The standard InChI is InChI=1S/C17H16N4O2/c1-23-11-17(22)20-13-8-6-12(7-9-13)19-16-10-18-14-4-2-3-5-15(14)21-16/h2-10H,11H2,1H3,(H,19,21)(H,20,22). The van der Waals surface area contributed by atoms with Crippen molar-refractivity contribution in [2.75, 3.05) is 24.4 Å². The number of fused-ring (bicyclic) bond motifs is 1. The molecule has 23 heavy (non-hydrogen) atoms. The fourth-order valence-corrected chi connectivity index (χ4v) is 2.13. The van der Waals surface area contributed by atoms with Crippen molar-refractivity contribution in [1.29, 1.82) is 0 Å². The van der Waals surface area contributed by atoms with Crippen LogP contribution in [0.3, 0.4) is 0 Å². The molecule has 0 radical (unpaired) electrons. The number of aromatic nitrogens is 2. The van der Waals surface area contributed by atoms with E-state index in [-0.39, 0.29) is 12.5 Å². The van der Waals surface area contributed by atoms with Gasteiger partial charge in [0.25, 0.3) is 0 Å². The van der Waals surface area contributed by atoms with Crippen molar-refractivity contribution < 1.29 is 9.53 Å². The molecule has 0 unspecified atom stereocenters. The number of hydrogen-bond acceptors (Lipinski definition) is 5. The van der Waals surface area contributed by atoms with Crippen LogP contribution < -0.4 is 10.6 Å². The van der Waals surface area contributed by atoms with Gasteiger partial charge in [0.2, 0.25) is 5.91 Å². The highest BCUT2D eigenvalue weighted by molar-refractivity contribution is 5.91. The summed E-state index contributed by atoms with van der Waals surface area (Å²) in [4.78, 5) is 20.3. The molecule has 0 saturated carbocycles. The van der Waals surface area contributed by atoms with Crippen LogP contribution >= 0.6 is 0 Å². The number of carbonyl (C=O) groups is 1. The SMILES string of the molecule is COCC(=O)Nc1ccc(Nc2cnc3ccccc3n2)cc1. The predicted octanol–water partition coefficient (Wildman–Crippen LogP) is 2.96. The van der Waals surface area contributed by atoms with E-state index in [0.29, 0.717) is 11.5 Å². The molecule has 2 aromatic carbocycles. The Hall–Kier alpha value is -2.99. The van der Waals surface area contributed by atoms with Gasteiger partial charge in [0.15, 0.2) is 0 Å². The molecule has 0 aliphatic rings. The minimum absolute atomic E-state index is 0.0344. The first-order chi connectivity index (χ1) is 11.2. The van der Waals surface area contributed by atoms with Crippen LogP contribution in [0.1, 0.15) is 0 Å². The highest BCUT2D eigenvalue weighted by Gasteiger charge is 2.03. The van der Waals surface area contributed by atoms with Gasteiger partial charge in [-0.05, 0) is 36.4 Å². The molecule has 6 nitrogen and oxygen atoms in total. The molecule has 1 aromatic heterocycles. The first-order valence-electron chi connectivity index (χ1n) is 7.12. The van der Waals surface area contributed by atoms with Crippen LogP contribution in [0.15, 0.2) is 54.7 Å². The van der Waals surface area contributed by atoms with E-state index >= 15 is 0 Å². The van der Waals surface area contributed by atoms with Gasteiger partial charge in [-0.15, -0.1) is 0 Å². The van der Waals surface area contributed by atoms with Crippen LogP contribution in [0.25, 0.3) is 11.0 Å². The van der Waals surface area contributed by atoms with E-state index in [0.717, 1.165) is 16.7 Å². The number of benzene rings is 2. The molecule has 2 N–H and O–H groups in total. The molecule has 116 valence electrons. The summed E-state index contributed by atoms with van der Waals surface area (Å²) in [6, 6.07) is 15.0. The summed E-state index contributed by atoms with van der Waals surface area (Å²) in [5.74, 6) is 0.480. The van der Waals surface area contributed by atoms with E-state index in [2.05, 4.69) is 20.6 Å². The summed E-state index contributed by atoms with van der Waals surface area (Å²) in [6.45, 7) is 0.0344. The highest BCUT2D eigenvalue weighted by atomic mass is 16.5. The van der Waals surface area contributed by atoms with Crippen LogP contribution in [0, 0.1) is 0 Å². The van der Waals surface area contributed by atoms with Crippen molar-refractivity contribution in [3.05, 3.63) is 54.7 Å². The molecule has 0 aliphatic heterocycles. The second-order valence-electron chi connectivity index (χ2n) is 4.93. The Balaban J connectivity index is 1.70. The Labute approximate surface area is 133 Å². The van der Waals surface area contributed by atoms with Crippen molar-refractivity contribution in [2.45, 2.75) is 0 Å². The zero-order valence-electron chi connectivity index (χ0n) is 12.6. The molecule has 0 aliphatic carbocycles. The molecule has 6 heteroatoms. The lowest BCUT2D eigenvalue weighted by molar-refractivity contribution is -0.119. The minimum atomic E-state index is -0.186. The van der Waals surface area contributed by atoms with Gasteiger partial charge in [-0.2, -0.15) is 0 Å². The number of para-hydroxylation sites is 2.